The van der Waals surface area contributed by atoms with Crippen molar-refractivity contribution in [2.45, 2.75) is 67.6 Å². The third-order valence-electron chi connectivity index (χ3n) is 6.16. The van der Waals surface area contributed by atoms with Crippen LogP contribution in [0.25, 0.3) is 0 Å². The lowest BCUT2D eigenvalue weighted by atomic mass is 9.77. The normalized spacial score (nSPS) is 48.5. The summed E-state index contributed by atoms with van der Waals surface area (Å²) in [7, 11) is 2.45. The molecule has 0 spiro atoms. The number of fused-ring (bicyclic) bond motifs is 1. The molecule has 2 aliphatic heterocycles. The molecule has 0 unspecified atom stereocenters. The molecule has 0 bridgehead atoms. The molecular weight excluding hydrogens is 408 g/mol. The Morgan fingerprint density at radius 1 is 1.17 bits per heavy atom. The Morgan fingerprint density at radius 2 is 1.83 bits per heavy atom. The largest absolute Gasteiger partial charge is 0.471 e. The van der Waals surface area contributed by atoms with Crippen molar-refractivity contribution in [2.75, 3.05) is 20.8 Å². The average Bonchev–Trinajstić information content (AvgIpc) is 2.93. The first-order chi connectivity index (χ1) is 14.0. The molecule has 172 valence electrons. The first kappa shape index (κ1) is 23.3. The van der Waals surface area contributed by atoms with Crippen molar-refractivity contribution >= 4 is 5.97 Å². The van der Waals surface area contributed by atoms with Crippen LogP contribution in [-0.4, -0.2) is 112 Å². The van der Waals surface area contributed by atoms with Gasteiger partial charge < -0.3 is 54.3 Å². The Kier molecular flexibility index (Phi) is 6.45. The van der Waals surface area contributed by atoms with Crippen LogP contribution in [0.5, 0.6) is 0 Å². The SMILES string of the molecule is COC(=O)C1=CO[C@@H](O[C@@H]2O[C@H](CO)[C@@H](O)[C@H](O)[C@H]2O)[C@@H]2[C@@](C)(O)[C@@H](OC)C[C@]12O. The number of hydrogen-bond acceptors (Lipinski definition) is 12. The second-order valence-electron chi connectivity index (χ2n) is 7.92. The first-order valence-electron chi connectivity index (χ1n) is 9.40. The van der Waals surface area contributed by atoms with E-state index in [9.17, 15) is 35.4 Å². The van der Waals surface area contributed by atoms with Crippen LogP contribution >= 0.6 is 0 Å². The number of carbonyl (C=O) groups excluding carboxylic acids is 1. The molecule has 2 fully saturated rings. The van der Waals surface area contributed by atoms with Crippen molar-refractivity contribution < 1.29 is 59.1 Å². The molecule has 3 rings (SSSR count). The highest BCUT2D eigenvalue weighted by Gasteiger charge is 2.68. The second kappa shape index (κ2) is 8.30. The van der Waals surface area contributed by atoms with Crippen molar-refractivity contribution in [2.24, 2.45) is 5.92 Å². The maximum Gasteiger partial charge on any atom is 0.339 e. The van der Waals surface area contributed by atoms with E-state index in [0.717, 1.165) is 13.4 Å². The standard InChI is InChI=1S/C18H28O12/c1-17(24)9(26-2)4-18(25)7(14(23)27-3)6-28-16(13(17)18)30-15-12(22)11(21)10(20)8(5-19)29-15/h6,8-13,15-16,19-22,24-25H,4-5H2,1-3H3/t8-,9+,10-,11+,12-,13-,15+,16+,17+,18+/m1/s1. The fourth-order valence-corrected chi connectivity index (χ4v) is 4.47. The quantitative estimate of drug-likeness (QED) is 0.237. The number of esters is 1. The molecule has 12 nitrogen and oxygen atoms in total. The van der Waals surface area contributed by atoms with Gasteiger partial charge in [0.25, 0.3) is 0 Å². The van der Waals surface area contributed by atoms with Crippen molar-refractivity contribution in [3.63, 3.8) is 0 Å². The van der Waals surface area contributed by atoms with Gasteiger partial charge in [0.2, 0.25) is 6.29 Å². The van der Waals surface area contributed by atoms with Gasteiger partial charge in [0.1, 0.15) is 35.6 Å². The predicted octanol–water partition coefficient (Wildman–Crippen LogP) is -3.27. The van der Waals surface area contributed by atoms with Crippen LogP contribution in [0.15, 0.2) is 11.8 Å². The number of hydrogen-bond donors (Lipinski definition) is 6. The van der Waals surface area contributed by atoms with Crippen molar-refractivity contribution in [3.8, 4) is 0 Å². The van der Waals surface area contributed by atoms with Gasteiger partial charge in [-0.15, -0.1) is 0 Å². The lowest BCUT2D eigenvalue weighted by Gasteiger charge is -2.46. The first-order valence-corrected chi connectivity index (χ1v) is 9.40. The second-order valence-corrected chi connectivity index (χ2v) is 7.92. The van der Waals surface area contributed by atoms with Crippen LogP contribution < -0.4 is 0 Å². The summed E-state index contributed by atoms with van der Waals surface area (Å²) in [6.07, 6.45) is -9.44. The molecule has 30 heavy (non-hydrogen) atoms. The number of carbonyl (C=O) groups is 1. The minimum Gasteiger partial charge on any atom is -0.471 e. The van der Waals surface area contributed by atoms with E-state index in [2.05, 4.69) is 0 Å². The molecule has 10 atom stereocenters. The summed E-state index contributed by atoms with van der Waals surface area (Å²) in [4.78, 5) is 12.2. The van der Waals surface area contributed by atoms with Gasteiger partial charge in [-0.1, -0.05) is 0 Å². The Labute approximate surface area is 172 Å². The molecule has 1 saturated heterocycles. The summed E-state index contributed by atoms with van der Waals surface area (Å²) in [6, 6.07) is 0. The molecule has 0 aromatic rings. The van der Waals surface area contributed by atoms with Crippen molar-refractivity contribution in [1.82, 2.24) is 0 Å². The van der Waals surface area contributed by atoms with E-state index in [1.54, 1.807) is 0 Å². The zero-order valence-electron chi connectivity index (χ0n) is 16.7. The van der Waals surface area contributed by atoms with Gasteiger partial charge >= 0.3 is 5.97 Å². The molecule has 0 radical (unpaired) electrons. The van der Waals surface area contributed by atoms with Gasteiger partial charge in [-0.05, 0) is 6.92 Å². The average molecular weight is 436 g/mol. The Balaban J connectivity index is 1.93. The van der Waals surface area contributed by atoms with E-state index in [1.165, 1.54) is 14.0 Å². The number of rotatable bonds is 5. The van der Waals surface area contributed by atoms with Gasteiger partial charge in [0.15, 0.2) is 6.29 Å². The molecule has 0 amide bonds. The molecule has 3 aliphatic rings. The van der Waals surface area contributed by atoms with Crippen LogP contribution in [-0.2, 0) is 28.5 Å². The van der Waals surface area contributed by atoms with Crippen molar-refractivity contribution in [1.29, 1.82) is 0 Å². The Morgan fingerprint density at radius 3 is 2.40 bits per heavy atom. The minimum atomic E-state index is -1.96. The molecular formula is C18H28O12. The fourth-order valence-electron chi connectivity index (χ4n) is 4.47. The van der Waals surface area contributed by atoms with Gasteiger partial charge in [-0.25, -0.2) is 4.79 Å². The van der Waals surface area contributed by atoms with Crippen LogP contribution in [0.3, 0.4) is 0 Å². The molecule has 0 aromatic carbocycles. The topological polar surface area (TPSA) is 185 Å². The molecule has 2 heterocycles. The van der Waals surface area contributed by atoms with Crippen LogP contribution in [0.1, 0.15) is 13.3 Å². The van der Waals surface area contributed by atoms with E-state index in [1.807, 2.05) is 0 Å². The molecule has 12 heteroatoms. The summed E-state index contributed by atoms with van der Waals surface area (Å²) in [6.45, 7) is 0.705. The fraction of sp³-hybridized carbons (Fsp3) is 0.833. The third-order valence-corrected chi connectivity index (χ3v) is 6.16. The van der Waals surface area contributed by atoms with Crippen LogP contribution in [0, 0.1) is 5.92 Å². The Bertz CT molecular complexity index is 678. The maximum atomic E-state index is 12.2. The number of ether oxygens (including phenoxy) is 5. The zero-order chi connectivity index (χ0) is 22.4. The van der Waals surface area contributed by atoms with Gasteiger partial charge in [0.05, 0.1) is 37.6 Å². The summed E-state index contributed by atoms with van der Waals surface area (Å²) < 4.78 is 26.3. The summed E-state index contributed by atoms with van der Waals surface area (Å²) in [5, 5.41) is 61.9. The van der Waals surface area contributed by atoms with Crippen LogP contribution in [0.2, 0.25) is 0 Å². The molecule has 6 N–H and O–H groups in total. The summed E-state index contributed by atoms with van der Waals surface area (Å²) in [5.41, 5.74) is -3.96. The van der Waals surface area contributed by atoms with Gasteiger partial charge in [-0.2, -0.15) is 0 Å². The number of methoxy groups -OCH3 is 2. The van der Waals surface area contributed by atoms with Gasteiger partial charge in [0, 0.05) is 13.5 Å². The van der Waals surface area contributed by atoms with E-state index < -0.39 is 72.8 Å². The summed E-state index contributed by atoms with van der Waals surface area (Å²) in [5.74, 6) is -2.16. The minimum absolute atomic E-state index is 0.181. The van der Waals surface area contributed by atoms with E-state index >= 15 is 0 Å². The van der Waals surface area contributed by atoms with E-state index in [4.69, 9.17) is 23.7 Å². The van der Waals surface area contributed by atoms with Gasteiger partial charge in [-0.3, -0.25) is 0 Å². The summed E-state index contributed by atoms with van der Waals surface area (Å²) >= 11 is 0. The Hall–Kier alpha value is -1.35. The van der Waals surface area contributed by atoms with E-state index in [0.29, 0.717) is 0 Å². The maximum absolute atomic E-state index is 12.2. The number of aliphatic hydroxyl groups is 6. The van der Waals surface area contributed by atoms with Crippen LogP contribution in [0.4, 0.5) is 0 Å². The zero-order valence-corrected chi connectivity index (χ0v) is 16.7. The predicted molar refractivity (Wildman–Crippen MR) is 94.3 cm³/mol. The highest BCUT2D eigenvalue weighted by atomic mass is 16.8. The molecule has 1 saturated carbocycles. The van der Waals surface area contributed by atoms with Crippen molar-refractivity contribution in [3.05, 3.63) is 11.8 Å². The monoisotopic (exact) mass is 436 g/mol. The third kappa shape index (κ3) is 3.51. The number of aliphatic hydroxyl groups excluding tert-OH is 4. The highest BCUT2D eigenvalue weighted by Crippen LogP contribution is 2.53. The molecule has 1 aliphatic carbocycles. The highest BCUT2D eigenvalue weighted by molar-refractivity contribution is 5.91. The lowest BCUT2D eigenvalue weighted by molar-refractivity contribution is -0.352. The smallest absolute Gasteiger partial charge is 0.339 e. The van der Waals surface area contributed by atoms with E-state index in [-0.39, 0.29) is 12.0 Å². The molecule has 0 aromatic heterocycles. The lowest BCUT2D eigenvalue weighted by Crippen LogP contribution is -2.62.